The number of piperidine rings is 1. The summed E-state index contributed by atoms with van der Waals surface area (Å²) >= 11 is 0. The summed E-state index contributed by atoms with van der Waals surface area (Å²) in [4.78, 5) is 29.0. The molecule has 3 aromatic rings. The molecular weight excluding hydrogens is 348 g/mol. The van der Waals surface area contributed by atoms with Crippen LogP contribution in [0.4, 0.5) is 0 Å². The average Bonchev–Trinajstić information content (AvgIpc) is 3.34. The van der Waals surface area contributed by atoms with Crippen LogP contribution in [0.25, 0.3) is 11.0 Å². The highest BCUT2D eigenvalue weighted by molar-refractivity contribution is 5.97. The average molecular weight is 368 g/mol. The van der Waals surface area contributed by atoms with Crippen molar-refractivity contribution in [2.75, 3.05) is 20.1 Å². The molecule has 1 aromatic carbocycles. The van der Waals surface area contributed by atoms with Gasteiger partial charge < -0.3 is 18.8 Å². The number of hydrogen-bond acceptors (Lipinski definition) is 6. The summed E-state index contributed by atoms with van der Waals surface area (Å²) in [7, 11) is 1.77. The number of amides is 2. The largest absolute Gasteiger partial charge is 0.364 e. The first-order valence-corrected chi connectivity index (χ1v) is 8.86. The fourth-order valence-corrected chi connectivity index (χ4v) is 3.46. The minimum atomic E-state index is -0.158. The Hall–Kier alpha value is -3.16. The number of carbonyl (C=O) groups is 2. The van der Waals surface area contributed by atoms with E-state index >= 15 is 0 Å². The van der Waals surface area contributed by atoms with E-state index in [2.05, 4.69) is 10.3 Å². The van der Waals surface area contributed by atoms with E-state index < -0.39 is 0 Å². The summed E-state index contributed by atoms with van der Waals surface area (Å²) in [6.07, 6.45) is 4.74. The summed E-state index contributed by atoms with van der Waals surface area (Å²) in [5.74, 6) is -0.264. The molecule has 0 spiro atoms. The van der Waals surface area contributed by atoms with E-state index in [0.29, 0.717) is 35.5 Å². The predicted octanol–water partition coefficient (Wildman–Crippen LogP) is 2.50. The molecule has 140 valence electrons. The first-order valence-electron chi connectivity index (χ1n) is 8.86. The van der Waals surface area contributed by atoms with Gasteiger partial charge in [0.15, 0.2) is 11.3 Å². The number of aryl methyl sites for hydroxylation is 1. The van der Waals surface area contributed by atoms with Crippen LogP contribution in [0.3, 0.4) is 0 Å². The number of benzene rings is 1. The van der Waals surface area contributed by atoms with E-state index in [1.165, 1.54) is 6.26 Å². The summed E-state index contributed by atoms with van der Waals surface area (Å²) in [6, 6.07) is 5.22. The van der Waals surface area contributed by atoms with Crippen molar-refractivity contribution >= 4 is 22.8 Å². The van der Waals surface area contributed by atoms with Crippen LogP contribution in [-0.2, 0) is 0 Å². The van der Waals surface area contributed by atoms with Crippen LogP contribution in [0.1, 0.15) is 39.3 Å². The molecule has 1 atom stereocenters. The number of carbonyl (C=O) groups excluding carboxylic acids is 2. The van der Waals surface area contributed by atoms with Crippen molar-refractivity contribution in [1.29, 1.82) is 0 Å². The van der Waals surface area contributed by atoms with Crippen molar-refractivity contribution in [3.8, 4) is 0 Å². The summed E-state index contributed by atoms with van der Waals surface area (Å²) in [6.45, 7) is 2.91. The van der Waals surface area contributed by atoms with Gasteiger partial charge in [-0.2, -0.15) is 0 Å². The summed E-state index contributed by atoms with van der Waals surface area (Å²) < 4.78 is 10.0. The summed E-state index contributed by atoms with van der Waals surface area (Å²) in [5, 5.41) is 8.40. The van der Waals surface area contributed by atoms with E-state index in [9.17, 15) is 9.59 Å². The van der Waals surface area contributed by atoms with Crippen molar-refractivity contribution in [1.82, 2.24) is 20.1 Å². The molecule has 0 aliphatic carbocycles. The topological polar surface area (TPSA) is 92.7 Å². The van der Waals surface area contributed by atoms with Gasteiger partial charge in [0, 0.05) is 42.7 Å². The minimum absolute atomic E-state index is 0.0622. The van der Waals surface area contributed by atoms with Crippen LogP contribution in [0.5, 0.6) is 0 Å². The van der Waals surface area contributed by atoms with Crippen LogP contribution in [0, 0.1) is 6.92 Å². The number of likely N-dealkylation sites (tertiary alicyclic amines) is 1. The minimum Gasteiger partial charge on any atom is -0.364 e. The number of nitrogens with zero attached hydrogens (tertiary/aromatic N) is 4. The highest BCUT2D eigenvalue weighted by Gasteiger charge is 2.31. The molecule has 0 unspecified atom stereocenters. The van der Waals surface area contributed by atoms with Gasteiger partial charge in [-0.25, -0.2) is 0 Å². The Morgan fingerprint density at radius 3 is 2.96 bits per heavy atom. The molecule has 3 heterocycles. The van der Waals surface area contributed by atoms with E-state index in [1.54, 1.807) is 42.1 Å². The number of aromatic nitrogens is 2. The quantitative estimate of drug-likeness (QED) is 0.705. The third-order valence-corrected chi connectivity index (χ3v) is 5.10. The second-order valence-electron chi connectivity index (χ2n) is 6.89. The van der Waals surface area contributed by atoms with Crippen molar-refractivity contribution in [2.24, 2.45) is 0 Å². The Morgan fingerprint density at radius 1 is 1.33 bits per heavy atom. The fraction of sp³-hybridized carbons (Fsp3) is 0.368. The molecule has 8 heteroatoms. The van der Waals surface area contributed by atoms with Crippen molar-refractivity contribution in [3.63, 3.8) is 0 Å². The van der Waals surface area contributed by atoms with Crippen LogP contribution in [0.15, 0.2) is 39.7 Å². The maximum Gasteiger partial charge on any atom is 0.276 e. The van der Waals surface area contributed by atoms with Gasteiger partial charge in [0.1, 0.15) is 6.26 Å². The molecule has 8 nitrogen and oxygen atoms in total. The van der Waals surface area contributed by atoms with Gasteiger partial charge in [-0.15, -0.1) is 0 Å². The van der Waals surface area contributed by atoms with Gasteiger partial charge >= 0.3 is 0 Å². The molecule has 1 fully saturated rings. The lowest BCUT2D eigenvalue weighted by Crippen LogP contribution is -2.50. The van der Waals surface area contributed by atoms with Crippen molar-refractivity contribution in [3.05, 3.63) is 47.5 Å². The maximum atomic E-state index is 12.9. The fourth-order valence-electron chi connectivity index (χ4n) is 3.46. The van der Waals surface area contributed by atoms with Crippen LogP contribution in [-0.4, -0.2) is 58.1 Å². The number of rotatable bonds is 3. The number of fused-ring (bicyclic) bond motifs is 1. The lowest BCUT2D eigenvalue weighted by Gasteiger charge is -2.37. The standard InChI is InChI=1S/C19H20N4O4/c1-12-11-26-21-17(12)19(25)23-7-3-4-15(10-23)22(2)18(24)13-5-6-14-9-20-27-16(14)8-13/h5-6,8-9,11,15H,3-4,7,10H2,1-2H3/t15-/m0/s1. The predicted molar refractivity (Wildman–Crippen MR) is 96.3 cm³/mol. The smallest absolute Gasteiger partial charge is 0.276 e. The van der Waals surface area contributed by atoms with Gasteiger partial charge in [0.2, 0.25) is 0 Å². The Kier molecular flexibility index (Phi) is 4.39. The Bertz CT molecular complexity index is 992. The van der Waals surface area contributed by atoms with Crippen molar-refractivity contribution in [2.45, 2.75) is 25.8 Å². The molecule has 0 saturated carbocycles. The third-order valence-electron chi connectivity index (χ3n) is 5.10. The Balaban J connectivity index is 1.49. The molecule has 2 amide bonds. The Morgan fingerprint density at radius 2 is 2.19 bits per heavy atom. The van der Waals surface area contributed by atoms with Crippen LogP contribution in [0.2, 0.25) is 0 Å². The first-order chi connectivity index (χ1) is 13.0. The SMILES string of the molecule is Cc1conc1C(=O)N1CCC[C@H](N(C)C(=O)c2ccc3cnoc3c2)C1. The zero-order chi connectivity index (χ0) is 19.0. The molecule has 0 bridgehead atoms. The zero-order valence-electron chi connectivity index (χ0n) is 15.2. The van der Waals surface area contributed by atoms with E-state index in [4.69, 9.17) is 9.05 Å². The molecule has 1 aliphatic heterocycles. The van der Waals surface area contributed by atoms with Gasteiger partial charge in [-0.05, 0) is 38.0 Å². The van der Waals surface area contributed by atoms with Gasteiger partial charge in [0.05, 0.1) is 6.20 Å². The van der Waals surface area contributed by atoms with Crippen LogP contribution < -0.4 is 0 Å². The van der Waals surface area contributed by atoms with Crippen molar-refractivity contribution < 1.29 is 18.6 Å². The van der Waals surface area contributed by atoms with Gasteiger partial charge in [-0.1, -0.05) is 10.3 Å². The molecular formula is C19H20N4O4. The normalized spacial score (nSPS) is 17.3. The lowest BCUT2D eigenvalue weighted by molar-refractivity contribution is 0.0515. The molecule has 0 N–H and O–H groups in total. The molecule has 1 aliphatic rings. The van der Waals surface area contributed by atoms with Crippen LogP contribution >= 0.6 is 0 Å². The second kappa shape index (κ2) is 6.86. The summed E-state index contributed by atoms with van der Waals surface area (Å²) in [5.41, 5.74) is 2.17. The second-order valence-corrected chi connectivity index (χ2v) is 6.89. The Labute approximate surface area is 155 Å². The number of likely N-dealkylation sites (N-methyl/N-ethyl adjacent to an activating group) is 1. The molecule has 1 saturated heterocycles. The molecule has 27 heavy (non-hydrogen) atoms. The van der Waals surface area contributed by atoms with Gasteiger partial charge in [0.25, 0.3) is 11.8 Å². The highest BCUT2D eigenvalue weighted by atomic mass is 16.5. The van der Waals surface area contributed by atoms with Gasteiger partial charge in [-0.3, -0.25) is 9.59 Å². The van der Waals surface area contributed by atoms with E-state index in [0.717, 1.165) is 18.2 Å². The van der Waals surface area contributed by atoms with E-state index in [-0.39, 0.29) is 17.9 Å². The number of hydrogen-bond donors (Lipinski definition) is 0. The molecule has 0 radical (unpaired) electrons. The monoisotopic (exact) mass is 368 g/mol. The first kappa shape index (κ1) is 17.3. The highest BCUT2D eigenvalue weighted by Crippen LogP contribution is 2.21. The van der Waals surface area contributed by atoms with E-state index in [1.807, 2.05) is 6.07 Å². The lowest BCUT2D eigenvalue weighted by atomic mass is 10.0. The third kappa shape index (κ3) is 3.18. The maximum absolute atomic E-state index is 12.9. The molecule has 2 aromatic heterocycles. The zero-order valence-corrected chi connectivity index (χ0v) is 15.2. The molecule has 4 rings (SSSR count).